The molecule has 0 aromatic heterocycles. The number of nitrogens with zero attached hydrogens (tertiary/aromatic N) is 1. The zero-order valence-electron chi connectivity index (χ0n) is 14.9. The minimum Gasteiger partial charge on any atom is -0.354 e. The summed E-state index contributed by atoms with van der Waals surface area (Å²) in [5, 5.41) is 5.47. The molecule has 26 heavy (non-hydrogen) atoms. The second-order valence-electron chi connectivity index (χ2n) is 7.13. The average molecular weight is 361 g/mol. The SMILES string of the molecule is CC1CCCCC12NC(=O)N(CC(=O)NCCc1ccccc1F)C2=O. The summed E-state index contributed by atoms with van der Waals surface area (Å²) in [7, 11) is 0. The number of rotatable bonds is 5. The van der Waals surface area contributed by atoms with E-state index in [1.165, 1.54) is 6.07 Å². The second kappa shape index (κ2) is 7.43. The van der Waals surface area contributed by atoms with Crippen LogP contribution in [0.1, 0.15) is 38.2 Å². The van der Waals surface area contributed by atoms with Gasteiger partial charge in [-0.3, -0.25) is 14.5 Å². The lowest BCUT2D eigenvalue weighted by atomic mass is 9.73. The molecule has 1 aromatic carbocycles. The Bertz CT molecular complexity index is 724. The smallest absolute Gasteiger partial charge is 0.325 e. The van der Waals surface area contributed by atoms with Gasteiger partial charge in [-0.2, -0.15) is 0 Å². The monoisotopic (exact) mass is 361 g/mol. The summed E-state index contributed by atoms with van der Waals surface area (Å²) in [6.07, 6.45) is 3.78. The summed E-state index contributed by atoms with van der Waals surface area (Å²) in [4.78, 5) is 38.2. The number of hydrogen-bond donors (Lipinski definition) is 2. The molecule has 1 spiro atoms. The molecule has 1 saturated heterocycles. The average Bonchev–Trinajstić information content (AvgIpc) is 2.84. The van der Waals surface area contributed by atoms with E-state index in [1.54, 1.807) is 18.2 Å². The lowest BCUT2D eigenvalue weighted by Gasteiger charge is -2.36. The molecule has 1 aliphatic heterocycles. The Labute approximate surface area is 152 Å². The highest BCUT2D eigenvalue weighted by Gasteiger charge is 2.55. The topological polar surface area (TPSA) is 78.5 Å². The van der Waals surface area contributed by atoms with Crippen LogP contribution in [-0.2, 0) is 16.0 Å². The van der Waals surface area contributed by atoms with Crippen molar-refractivity contribution in [3.05, 3.63) is 35.6 Å². The Kier molecular flexibility index (Phi) is 5.25. The normalized spacial score (nSPS) is 25.5. The molecule has 3 rings (SSSR count). The van der Waals surface area contributed by atoms with Gasteiger partial charge >= 0.3 is 6.03 Å². The maximum absolute atomic E-state index is 13.6. The van der Waals surface area contributed by atoms with Crippen molar-refractivity contribution in [1.29, 1.82) is 0 Å². The van der Waals surface area contributed by atoms with E-state index in [4.69, 9.17) is 0 Å². The van der Waals surface area contributed by atoms with Gasteiger partial charge in [-0.05, 0) is 36.8 Å². The Morgan fingerprint density at radius 1 is 1.35 bits per heavy atom. The number of imide groups is 1. The highest BCUT2D eigenvalue weighted by molar-refractivity contribution is 6.09. The number of benzene rings is 1. The van der Waals surface area contributed by atoms with Gasteiger partial charge in [0.25, 0.3) is 5.91 Å². The van der Waals surface area contributed by atoms with E-state index in [9.17, 15) is 18.8 Å². The van der Waals surface area contributed by atoms with Gasteiger partial charge < -0.3 is 10.6 Å². The van der Waals surface area contributed by atoms with Crippen LogP contribution in [0.5, 0.6) is 0 Å². The third-order valence-corrected chi connectivity index (χ3v) is 5.48. The molecule has 140 valence electrons. The van der Waals surface area contributed by atoms with Crippen molar-refractivity contribution in [2.45, 2.75) is 44.6 Å². The first-order chi connectivity index (χ1) is 12.4. The van der Waals surface area contributed by atoms with E-state index in [0.29, 0.717) is 18.4 Å². The van der Waals surface area contributed by atoms with Gasteiger partial charge in [-0.25, -0.2) is 9.18 Å². The second-order valence-corrected chi connectivity index (χ2v) is 7.13. The first-order valence-electron chi connectivity index (χ1n) is 9.08. The Balaban J connectivity index is 1.55. The molecule has 2 N–H and O–H groups in total. The van der Waals surface area contributed by atoms with Crippen molar-refractivity contribution in [2.24, 2.45) is 5.92 Å². The molecule has 2 fully saturated rings. The number of nitrogens with one attached hydrogen (secondary N) is 2. The largest absolute Gasteiger partial charge is 0.354 e. The van der Waals surface area contributed by atoms with Gasteiger partial charge in [0.15, 0.2) is 0 Å². The molecule has 1 heterocycles. The van der Waals surface area contributed by atoms with Crippen molar-refractivity contribution in [1.82, 2.24) is 15.5 Å². The van der Waals surface area contributed by atoms with Gasteiger partial charge in [0.1, 0.15) is 17.9 Å². The van der Waals surface area contributed by atoms with E-state index < -0.39 is 17.5 Å². The zero-order chi connectivity index (χ0) is 18.7. The summed E-state index contributed by atoms with van der Waals surface area (Å²) in [6, 6.07) is 5.87. The number of urea groups is 1. The van der Waals surface area contributed by atoms with Crippen molar-refractivity contribution < 1.29 is 18.8 Å². The highest BCUT2D eigenvalue weighted by Crippen LogP contribution is 2.38. The van der Waals surface area contributed by atoms with Crippen LogP contribution in [0.3, 0.4) is 0 Å². The van der Waals surface area contributed by atoms with Crippen LogP contribution < -0.4 is 10.6 Å². The molecule has 1 saturated carbocycles. The fourth-order valence-corrected chi connectivity index (χ4v) is 3.88. The first-order valence-corrected chi connectivity index (χ1v) is 9.08. The number of carbonyl (C=O) groups excluding carboxylic acids is 3. The predicted molar refractivity (Wildman–Crippen MR) is 93.7 cm³/mol. The quantitative estimate of drug-likeness (QED) is 0.787. The molecule has 6 nitrogen and oxygen atoms in total. The zero-order valence-corrected chi connectivity index (χ0v) is 14.9. The fraction of sp³-hybridized carbons (Fsp3) is 0.526. The summed E-state index contributed by atoms with van der Waals surface area (Å²) in [5.74, 6) is -0.991. The minimum absolute atomic E-state index is 0.0572. The summed E-state index contributed by atoms with van der Waals surface area (Å²) < 4.78 is 13.6. The van der Waals surface area contributed by atoms with Crippen LogP contribution in [0.15, 0.2) is 24.3 Å². The molecule has 1 aliphatic carbocycles. The number of halogens is 1. The van der Waals surface area contributed by atoms with Crippen LogP contribution in [0.4, 0.5) is 9.18 Å². The maximum Gasteiger partial charge on any atom is 0.325 e. The van der Waals surface area contributed by atoms with Crippen LogP contribution in [0.2, 0.25) is 0 Å². The van der Waals surface area contributed by atoms with Gasteiger partial charge in [-0.1, -0.05) is 38.0 Å². The molecule has 0 radical (unpaired) electrons. The molecule has 2 aliphatic rings. The van der Waals surface area contributed by atoms with E-state index in [1.807, 2.05) is 6.92 Å². The van der Waals surface area contributed by atoms with Gasteiger partial charge in [0, 0.05) is 6.54 Å². The Morgan fingerprint density at radius 3 is 2.85 bits per heavy atom. The van der Waals surface area contributed by atoms with Crippen molar-refractivity contribution in [3.63, 3.8) is 0 Å². The van der Waals surface area contributed by atoms with Gasteiger partial charge in [0.05, 0.1) is 0 Å². The molecule has 2 unspecified atom stereocenters. The fourth-order valence-electron chi connectivity index (χ4n) is 3.88. The summed E-state index contributed by atoms with van der Waals surface area (Å²) in [5.41, 5.74) is -0.347. The number of amides is 4. The number of carbonyl (C=O) groups is 3. The first kappa shape index (κ1) is 18.4. The third kappa shape index (κ3) is 3.43. The summed E-state index contributed by atoms with van der Waals surface area (Å²) in [6.45, 7) is 1.90. The van der Waals surface area contributed by atoms with Crippen molar-refractivity contribution >= 4 is 17.8 Å². The molecule has 1 aromatic rings. The van der Waals surface area contributed by atoms with Crippen molar-refractivity contribution in [2.75, 3.05) is 13.1 Å². The maximum atomic E-state index is 13.6. The van der Waals surface area contributed by atoms with E-state index in [2.05, 4.69) is 10.6 Å². The Hall–Kier alpha value is -2.44. The standard InChI is InChI=1S/C19H24FN3O3/c1-13-6-4-5-10-19(13)17(25)23(18(26)22-19)12-16(24)21-11-9-14-7-2-3-8-15(14)20/h2-3,7-8,13H,4-6,9-12H2,1H3,(H,21,24)(H,22,26). The van der Waals surface area contributed by atoms with Crippen molar-refractivity contribution in [3.8, 4) is 0 Å². The lowest BCUT2D eigenvalue weighted by molar-refractivity contribution is -0.137. The van der Waals surface area contributed by atoms with Crippen LogP contribution in [0.25, 0.3) is 0 Å². The predicted octanol–water partition coefficient (Wildman–Crippen LogP) is 1.99. The molecule has 0 bridgehead atoms. The van der Waals surface area contributed by atoms with Crippen LogP contribution >= 0.6 is 0 Å². The van der Waals surface area contributed by atoms with E-state index >= 15 is 0 Å². The highest BCUT2D eigenvalue weighted by atomic mass is 19.1. The number of hydrogen-bond acceptors (Lipinski definition) is 3. The minimum atomic E-state index is -0.858. The van der Waals surface area contributed by atoms with Crippen LogP contribution in [-0.4, -0.2) is 41.4 Å². The summed E-state index contributed by atoms with van der Waals surface area (Å²) >= 11 is 0. The molecule has 4 amide bonds. The van der Waals surface area contributed by atoms with Gasteiger partial charge in [-0.15, -0.1) is 0 Å². The van der Waals surface area contributed by atoms with Gasteiger partial charge in [0.2, 0.25) is 5.91 Å². The molecular formula is C19H24FN3O3. The lowest BCUT2D eigenvalue weighted by Crippen LogP contribution is -2.54. The molecule has 2 atom stereocenters. The Morgan fingerprint density at radius 2 is 2.12 bits per heavy atom. The van der Waals surface area contributed by atoms with E-state index in [0.717, 1.165) is 24.2 Å². The van der Waals surface area contributed by atoms with E-state index in [-0.39, 0.29) is 30.7 Å². The molecule has 7 heteroatoms. The molecular weight excluding hydrogens is 337 g/mol. The van der Waals surface area contributed by atoms with Crippen LogP contribution in [0, 0.1) is 11.7 Å². The third-order valence-electron chi connectivity index (χ3n) is 5.48.